The Morgan fingerprint density at radius 2 is 1.65 bits per heavy atom. The van der Waals surface area contributed by atoms with Gasteiger partial charge in [-0.05, 0) is 50.2 Å². The average molecular weight is 274 g/mol. The van der Waals surface area contributed by atoms with Crippen LogP contribution in [-0.2, 0) is 11.2 Å². The molecule has 0 atom stereocenters. The molecule has 1 fully saturated rings. The van der Waals surface area contributed by atoms with Crippen LogP contribution in [0, 0.1) is 5.41 Å². The highest BCUT2D eigenvalue weighted by Gasteiger charge is 2.27. The van der Waals surface area contributed by atoms with Crippen LogP contribution in [0.2, 0.25) is 0 Å². The van der Waals surface area contributed by atoms with E-state index in [1.54, 1.807) is 13.8 Å². The van der Waals surface area contributed by atoms with Crippen molar-refractivity contribution in [3.05, 3.63) is 35.4 Å². The second-order valence-electron chi connectivity index (χ2n) is 6.80. The minimum atomic E-state index is -0.731. The number of carboxylic acid groups (broad SMARTS) is 1. The summed E-state index contributed by atoms with van der Waals surface area (Å²) in [7, 11) is 0. The maximum absolute atomic E-state index is 11.2. The van der Waals surface area contributed by atoms with E-state index in [1.165, 1.54) is 44.1 Å². The van der Waals surface area contributed by atoms with Crippen LogP contribution >= 0.6 is 0 Å². The fraction of sp³-hybridized carbons (Fsp3) is 0.611. The van der Waals surface area contributed by atoms with Crippen LogP contribution in [0.15, 0.2) is 24.3 Å². The number of benzene rings is 1. The van der Waals surface area contributed by atoms with E-state index in [-0.39, 0.29) is 0 Å². The maximum Gasteiger partial charge on any atom is 0.309 e. The first kappa shape index (κ1) is 15.1. The Hall–Kier alpha value is -1.31. The topological polar surface area (TPSA) is 37.3 Å². The standard InChI is InChI=1S/C18H26O2/c1-18(2,17(19)20)13-14-9-11-16(12-10-14)15-7-5-3-4-6-8-15/h9-12,15H,3-8,13H2,1-2H3,(H,19,20). The van der Waals surface area contributed by atoms with Gasteiger partial charge in [-0.15, -0.1) is 0 Å². The van der Waals surface area contributed by atoms with E-state index < -0.39 is 11.4 Å². The van der Waals surface area contributed by atoms with Crippen LogP contribution in [0.4, 0.5) is 0 Å². The molecular formula is C18H26O2. The van der Waals surface area contributed by atoms with E-state index in [1.807, 2.05) is 0 Å². The molecule has 0 bridgehead atoms. The molecular weight excluding hydrogens is 248 g/mol. The summed E-state index contributed by atoms with van der Waals surface area (Å²) in [6.07, 6.45) is 8.65. The van der Waals surface area contributed by atoms with Gasteiger partial charge in [-0.25, -0.2) is 0 Å². The number of carboxylic acids is 1. The number of hydrogen-bond donors (Lipinski definition) is 1. The zero-order chi connectivity index (χ0) is 14.6. The third-order valence-corrected chi connectivity index (χ3v) is 4.53. The lowest BCUT2D eigenvalue weighted by Crippen LogP contribution is -2.26. The van der Waals surface area contributed by atoms with Gasteiger partial charge in [-0.2, -0.15) is 0 Å². The normalized spacial score (nSPS) is 17.7. The quantitative estimate of drug-likeness (QED) is 0.802. The van der Waals surface area contributed by atoms with Crippen LogP contribution in [-0.4, -0.2) is 11.1 Å². The third kappa shape index (κ3) is 3.84. The van der Waals surface area contributed by atoms with Gasteiger partial charge in [0.1, 0.15) is 0 Å². The highest BCUT2D eigenvalue weighted by atomic mass is 16.4. The molecule has 0 heterocycles. The minimum absolute atomic E-state index is 0.591. The van der Waals surface area contributed by atoms with Crippen LogP contribution in [0.5, 0.6) is 0 Å². The summed E-state index contributed by atoms with van der Waals surface area (Å²) >= 11 is 0. The first-order valence-corrected chi connectivity index (χ1v) is 7.81. The van der Waals surface area contributed by atoms with Crippen molar-refractivity contribution in [2.45, 2.75) is 64.7 Å². The molecule has 1 aromatic carbocycles. The lowest BCUT2D eigenvalue weighted by Gasteiger charge is -2.20. The summed E-state index contributed by atoms with van der Waals surface area (Å²) in [5.74, 6) is -0.0237. The Kier molecular flexibility index (Phi) is 4.85. The van der Waals surface area contributed by atoms with Crippen molar-refractivity contribution in [3.63, 3.8) is 0 Å². The zero-order valence-electron chi connectivity index (χ0n) is 12.7. The molecule has 1 saturated carbocycles. The summed E-state index contributed by atoms with van der Waals surface area (Å²) in [5.41, 5.74) is 1.86. The maximum atomic E-state index is 11.2. The van der Waals surface area contributed by atoms with Gasteiger partial charge in [0, 0.05) is 0 Å². The number of hydrogen-bond acceptors (Lipinski definition) is 1. The fourth-order valence-corrected chi connectivity index (χ4v) is 3.11. The van der Waals surface area contributed by atoms with Crippen molar-refractivity contribution >= 4 is 5.97 Å². The number of aliphatic carboxylic acids is 1. The highest BCUT2D eigenvalue weighted by Crippen LogP contribution is 2.32. The summed E-state index contributed by atoms with van der Waals surface area (Å²) in [6.45, 7) is 3.57. The third-order valence-electron chi connectivity index (χ3n) is 4.53. The Bertz CT molecular complexity index is 437. The molecule has 0 amide bonds. The molecule has 0 radical (unpaired) electrons. The largest absolute Gasteiger partial charge is 0.481 e. The van der Waals surface area contributed by atoms with Crippen LogP contribution in [0.3, 0.4) is 0 Å². The Morgan fingerprint density at radius 1 is 1.10 bits per heavy atom. The molecule has 1 N–H and O–H groups in total. The molecule has 0 saturated heterocycles. The predicted octanol–water partition coefficient (Wildman–Crippen LogP) is 4.78. The molecule has 110 valence electrons. The van der Waals surface area contributed by atoms with Gasteiger partial charge < -0.3 is 5.11 Å². The first-order chi connectivity index (χ1) is 9.49. The molecule has 0 spiro atoms. The second kappa shape index (κ2) is 6.43. The average Bonchev–Trinajstić information content (AvgIpc) is 2.68. The fourth-order valence-electron chi connectivity index (χ4n) is 3.11. The van der Waals surface area contributed by atoms with Crippen LogP contribution in [0.1, 0.15) is 69.4 Å². The monoisotopic (exact) mass is 274 g/mol. The second-order valence-corrected chi connectivity index (χ2v) is 6.80. The van der Waals surface area contributed by atoms with Crippen molar-refractivity contribution in [3.8, 4) is 0 Å². The molecule has 0 aromatic heterocycles. The van der Waals surface area contributed by atoms with E-state index in [4.69, 9.17) is 0 Å². The SMILES string of the molecule is CC(C)(Cc1ccc(C2CCCCCC2)cc1)C(=O)O. The zero-order valence-corrected chi connectivity index (χ0v) is 12.7. The van der Waals surface area contributed by atoms with Crippen LogP contribution in [0.25, 0.3) is 0 Å². The van der Waals surface area contributed by atoms with Gasteiger partial charge in [-0.3, -0.25) is 4.79 Å². The van der Waals surface area contributed by atoms with E-state index in [2.05, 4.69) is 24.3 Å². The van der Waals surface area contributed by atoms with Gasteiger partial charge in [-0.1, -0.05) is 49.9 Å². The van der Waals surface area contributed by atoms with E-state index in [0.717, 1.165) is 5.56 Å². The molecule has 1 aliphatic rings. The molecule has 1 aliphatic carbocycles. The van der Waals surface area contributed by atoms with Crippen molar-refractivity contribution in [1.29, 1.82) is 0 Å². The molecule has 0 unspecified atom stereocenters. The van der Waals surface area contributed by atoms with Crippen molar-refractivity contribution < 1.29 is 9.90 Å². The van der Waals surface area contributed by atoms with E-state index in [9.17, 15) is 9.90 Å². The van der Waals surface area contributed by atoms with Gasteiger partial charge >= 0.3 is 5.97 Å². The molecule has 2 heteroatoms. The predicted molar refractivity (Wildman–Crippen MR) is 82.0 cm³/mol. The summed E-state index contributed by atoms with van der Waals surface area (Å²) in [4.78, 5) is 11.2. The Morgan fingerprint density at radius 3 is 2.15 bits per heavy atom. The Labute approximate surface area is 122 Å². The summed E-state index contributed by atoms with van der Waals surface area (Å²) < 4.78 is 0. The molecule has 0 aliphatic heterocycles. The Balaban J connectivity index is 2.04. The molecule has 2 rings (SSSR count). The number of carbonyl (C=O) groups is 1. The van der Waals surface area contributed by atoms with Crippen molar-refractivity contribution in [2.75, 3.05) is 0 Å². The van der Waals surface area contributed by atoms with E-state index >= 15 is 0 Å². The van der Waals surface area contributed by atoms with Crippen molar-refractivity contribution in [1.82, 2.24) is 0 Å². The van der Waals surface area contributed by atoms with Gasteiger partial charge in [0.05, 0.1) is 5.41 Å². The highest BCUT2D eigenvalue weighted by molar-refractivity contribution is 5.74. The van der Waals surface area contributed by atoms with Gasteiger partial charge in [0.15, 0.2) is 0 Å². The first-order valence-electron chi connectivity index (χ1n) is 7.81. The van der Waals surface area contributed by atoms with Gasteiger partial charge in [0.25, 0.3) is 0 Å². The van der Waals surface area contributed by atoms with E-state index in [0.29, 0.717) is 12.3 Å². The van der Waals surface area contributed by atoms with Gasteiger partial charge in [0.2, 0.25) is 0 Å². The number of rotatable bonds is 4. The summed E-state index contributed by atoms with van der Waals surface area (Å²) in [5, 5.41) is 9.19. The molecule has 2 nitrogen and oxygen atoms in total. The lowest BCUT2D eigenvalue weighted by molar-refractivity contribution is -0.146. The van der Waals surface area contributed by atoms with Crippen molar-refractivity contribution in [2.24, 2.45) is 5.41 Å². The smallest absolute Gasteiger partial charge is 0.309 e. The summed E-state index contributed by atoms with van der Waals surface area (Å²) in [6, 6.07) is 8.66. The minimum Gasteiger partial charge on any atom is -0.481 e. The molecule has 20 heavy (non-hydrogen) atoms. The van der Waals surface area contributed by atoms with Crippen LogP contribution < -0.4 is 0 Å². The molecule has 1 aromatic rings. The lowest BCUT2D eigenvalue weighted by atomic mass is 9.84.